The average molecular weight is 396 g/mol. The molecule has 0 spiro atoms. The summed E-state index contributed by atoms with van der Waals surface area (Å²) in [5, 5.41) is -0.412. The van der Waals surface area contributed by atoms with Gasteiger partial charge in [-0.2, -0.15) is 0 Å². The summed E-state index contributed by atoms with van der Waals surface area (Å²) in [7, 11) is -3.25. The lowest BCUT2D eigenvalue weighted by atomic mass is 9.99. The quantitative estimate of drug-likeness (QED) is 0.696. The fraction of sp³-hybridized carbons (Fsp3) is 0.318. The largest absolute Gasteiger partial charge is 0.333 e. The first-order valence-corrected chi connectivity index (χ1v) is 11.1. The van der Waals surface area contributed by atoms with Gasteiger partial charge in [0.2, 0.25) is 10.0 Å². The van der Waals surface area contributed by atoms with E-state index in [1.807, 2.05) is 17.1 Å². The third-order valence-corrected chi connectivity index (χ3v) is 7.18. The fourth-order valence-corrected chi connectivity index (χ4v) is 4.59. The van der Waals surface area contributed by atoms with E-state index in [4.69, 9.17) is 0 Å². The van der Waals surface area contributed by atoms with Gasteiger partial charge in [-0.15, -0.1) is 0 Å². The van der Waals surface area contributed by atoms with E-state index in [0.29, 0.717) is 0 Å². The molecule has 6 heteroatoms. The van der Waals surface area contributed by atoms with Gasteiger partial charge in [-0.05, 0) is 60.6 Å². The highest BCUT2D eigenvalue weighted by atomic mass is 32.2. The molecule has 0 saturated carbocycles. The fourth-order valence-electron chi connectivity index (χ4n) is 3.69. The Morgan fingerprint density at radius 1 is 1.11 bits per heavy atom. The lowest BCUT2D eigenvalue weighted by Crippen LogP contribution is -2.39. The minimum Gasteiger partial charge on any atom is -0.333 e. The van der Waals surface area contributed by atoms with Gasteiger partial charge in [0, 0.05) is 25.0 Å². The average Bonchev–Trinajstić information content (AvgIpc) is 3.29. The molecule has 1 atom stereocenters. The Morgan fingerprint density at radius 3 is 2.64 bits per heavy atom. The predicted octanol–water partition coefficient (Wildman–Crippen LogP) is 3.39. The maximum Gasteiger partial charge on any atom is 0.214 e. The number of fused-ring (bicyclic) bond motifs is 1. The van der Waals surface area contributed by atoms with Crippen LogP contribution in [0.1, 0.15) is 30.5 Å². The summed E-state index contributed by atoms with van der Waals surface area (Å²) in [5.41, 5.74) is 6.02. The van der Waals surface area contributed by atoms with Gasteiger partial charge in [-0.3, -0.25) is 0 Å². The lowest BCUT2D eigenvalue weighted by Gasteiger charge is -2.14. The minimum absolute atomic E-state index is 0.0507. The van der Waals surface area contributed by atoms with Crippen molar-refractivity contribution in [2.45, 2.75) is 44.5 Å². The van der Waals surface area contributed by atoms with Crippen molar-refractivity contribution in [3.05, 3.63) is 77.9 Å². The Labute approximate surface area is 166 Å². The summed E-state index contributed by atoms with van der Waals surface area (Å²) in [6.45, 7) is 4.20. The second kappa shape index (κ2) is 7.53. The molecule has 28 heavy (non-hydrogen) atoms. The van der Waals surface area contributed by atoms with E-state index >= 15 is 0 Å². The van der Waals surface area contributed by atoms with E-state index in [2.05, 4.69) is 52.2 Å². The van der Waals surface area contributed by atoms with Crippen molar-refractivity contribution < 1.29 is 8.42 Å². The topological polar surface area (TPSA) is 64.0 Å². The van der Waals surface area contributed by atoms with E-state index in [1.165, 1.54) is 27.8 Å². The highest BCUT2D eigenvalue weighted by Gasteiger charge is 2.27. The van der Waals surface area contributed by atoms with Gasteiger partial charge in [0.1, 0.15) is 0 Å². The van der Waals surface area contributed by atoms with Crippen molar-refractivity contribution in [1.29, 1.82) is 0 Å². The van der Waals surface area contributed by atoms with Crippen LogP contribution in [0.2, 0.25) is 0 Å². The van der Waals surface area contributed by atoms with Crippen LogP contribution in [-0.2, 0) is 29.4 Å². The van der Waals surface area contributed by atoms with Gasteiger partial charge in [0.05, 0.1) is 11.6 Å². The molecule has 0 aliphatic heterocycles. The van der Waals surface area contributed by atoms with Gasteiger partial charge in [0.25, 0.3) is 0 Å². The van der Waals surface area contributed by atoms with Crippen LogP contribution in [0.4, 0.5) is 0 Å². The standard InChI is InChI=1S/C22H25N3O2S/c1-16(2)28(26,27)24-22-12-20-7-6-19(11-21(20)13-22)18-5-3-4-17(10-18)14-25-9-8-23-15-25/h3-11,15-16,22,24H,12-14H2,1-2H3/t22-/m0/s1. The molecule has 5 nitrogen and oxygen atoms in total. The molecule has 1 heterocycles. The summed E-state index contributed by atoms with van der Waals surface area (Å²) < 4.78 is 29.3. The minimum atomic E-state index is -3.25. The van der Waals surface area contributed by atoms with Crippen LogP contribution in [0, 0.1) is 0 Å². The van der Waals surface area contributed by atoms with Crippen molar-refractivity contribution >= 4 is 10.0 Å². The predicted molar refractivity (Wildman–Crippen MR) is 112 cm³/mol. The Kier molecular flexibility index (Phi) is 5.08. The molecular weight excluding hydrogens is 370 g/mol. The number of sulfonamides is 1. The molecule has 3 aromatic rings. The van der Waals surface area contributed by atoms with Crippen LogP contribution in [0.25, 0.3) is 11.1 Å². The molecule has 0 saturated heterocycles. The Hall–Kier alpha value is -2.44. The number of nitrogens with one attached hydrogen (secondary N) is 1. The van der Waals surface area contributed by atoms with Crippen molar-refractivity contribution in [1.82, 2.24) is 14.3 Å². The summed E-state index contributed by atoms with van der Waals surface area (Å²) in [5.74, 6) is 0. The van der Waals surface area contributed by atoms with E-state index in [9.17, 15) is 8.42 Å². The van der Waals surface area contributed by atoms with E-state index in [-0.39, 0.29) is 6.04 Å². The summed E-state index contributed by atoms with van der Waals surface area (Å²) in [6.07, 6.45) is 7.06. The number of nitrogens with zero attached hydrogens (tertiary/aromatic N) is 2. The number of aromatic nitrogens is 2. The van der Waals surface area contributed by atoms with Gasteiger partial charge in [0.15, 0.2) is 0 Å². The van der Waals surface area contributed by atoms with Crippen molar-refractivity contribution in [2.24, 2.45) is 0 Å². The molecule has 1 aliphatic carbocycles. The van der Waals surface area contributed by atoms with E-state index < -0.39 is 15.3 Å². The number of hydrogen-bond donors (Lipinski definition) is 1. The molecule has 1 N–H and O–H groups in total. The van der Waals surface area contributed by atoms with Crippen LogP contribution in [0.15, 0.2) is 61.2 Å². The number of hydrogen-bond acceptors (Lipinski definition) is 3. The molecule has 2 aromatic carbocycles. The third kappa shape index (κ3) is 4.03. The van der Waals surface area contributed by atoms with Crippen LogP contribution >= 0.6 is 0 Å². The van der Waals surface area contributed by atoms with Gasteiger partial charge < -0.3 is 4.57 Å². The first-order valence-electron chi connectivity index (χ1n) is 9.59. The molecule has 0 radical (unpaired) electrons. The normalized spacial score (nSPS) is 16.5. The zero-order valence-corrected chi connectivity index (χ0v) is 17.0. The molecule has 0 fully saturated rings. The summed E-state index contributed by atoms with van der Waals surface area (Å²) in [4.78, 5) is 4.10. The van der Waals surface area contributed by atoms with Gasteiger partial charge in [-0.25, -0.2) is 18.1 Å². The molecule has 1 aromatic heterocycles. The number of imidazole rings is 1. The highest BCUT2D eigenvalue weighted by molar-refractivity contribution is 7.90. The van der Waals surface area contributed by atoms with Crippen molar-refractivity contribution in [3.8, 4) is 11.1 Å². The van der Waals surface area contributed by atoms with Crippen molar-refractivity contribution in [2.75, 3.05) is 0 Å². The van der Waals surface area contributed by atoms with Crippen LogP contribution in [0.3, 0.4) is 0 Å². The summed E-state index contributed by atoms with van der Waals surface area (Å²) in [6, 6.07) is 14.9. The van der Waals surface area contributed by atoms with Gasteiger partial charge in [-0.1, -0.05) is 36.4 Å². The highest BCUT2D eigenvalue weighted by Crippen LogP contribution is 2.29. The monoisotopic (exact) mass is 395 g/mol. The van der Waals surface area contributed by atoms with Crippen LogP contribution in [0.5, 0.6) is 0 Å². The number of rotatable bonds is 6. The molecule has 0 bridgehead atoms. The SMILES string of the molecule is CC(C)S(=O)(=O)N[C@H]1Cc2ccc(-c3cccc(Cn4ccnc4)c3)cc2C1. The molecule has 4 rings (SSSR count). The maximum absolute atomic E-state index is 12.2. The first-order chi connectivity index (χ1) is 13.4. The molecule has 0 unspecified atom stereocenters. The van der Waals surface area contributed by atoms with Crippen LogP contribution < -0.4 is 4.72 Å². The second-order valence-corrected chi connectivity index (χ2v) is 10.0. The zero-order valence-electron chi connectivity index (χ0n) is 16.2. The molecule has 0 amide bonds. The Morgan fingerprint density at radius 2 is 1.89 bits per heavy atom. The molecule has 146 valence electrons. The smallest absolute Gasteiger partial charge is 0.214 e. The van der Waals surface area contributed by atoms with Gasteiger partial charge >= 0.3 is 0 Å². The molecular formula is C22H25N3O2S. The van der Waals surface area contributed by atoms with Crippen LogP contribution in [-0.4, -0.2) is 29.3 Å². The lowest BCUT2D eigenvalue weighted by molar-refractivity contribution is 0.547. The maximum atomic E-state index is 12.2. The summed E-state index contributed by atoms with van der Waals surface area (Å²) >= 11 is 0. The first kappa shape index (κ1) is 18.9. The molecule has 1 aliphatic rings. The second-order valence-electron chi connectivity index (χ2n) is 7.74. The Balaban J connectivity index is 1.53. The third-order valence-electron chi connectivity index (χ3n) is 5.28. The Bertz CT molecular complexity index is 1070. The van der Waals surface area contributed by atoms with E-state index in [0.717, 1.165) is 19.4 Å². The van der Waals surface area contributed by atoms with Crippen molar-refractivity contribution in [3.63, 3.8) is 0 Å². The zero-order chi connectivity index (χ0) is 19.7. The van der Waals surface area contributed by atoms with E-state index in [1.54, 1.807) is 20.0 Å². The number of benzene rings is 2.